The number of rotatable bonds is 7. The van der Waals surface area contributed by atoms with E-state index in [1.807, 2.05) is 6.07 Å². The van der Waals surface area contributed by atoms with Crippen LogP contribution < -0.4 is 10.6 Å². The highest BCUT2D eigenvalue weighted by atomic mass is 35.5. The van der Waals surface area contributed by atoms with Crippen LogP contribution in [0.5, 0.6) is 0 Å². The van der Waals surface area contributed by atoms with E-state index < -0.39 is 0 Å². The van der Waals surface area contributed by atoms with Crippen molar-refractivity contribution in [3.05, 3.63) is 70.2 Å². The highest BCUT2D eigenvalue weighted by molar-refractivity contribution is 6.42. The van der Waals surface area contributed by atoms with E-state index in [0.29, 0.717) is 22.4 Å². The summed E-state index contributed by atoms with van der Waals surface area (Å²) in [4.78, 5) is 23.9. The highest BCUT2D eigenvalue weighted by Crippen LogP contribution is 2.26. The van der Waals surface area contributed by atoms with Gasteiger partial charge in [0, 0.05) is 19.0 Å². The highest BCUT2D eigenvalue weighted by Gasteiger charge is 2.12. The Labute approximate surface area is 165 Å². The summed E-state index contributed by atoms with van der Waals surface area (Å²) in [5.74, 6) is 0.0995. The third kappa shape index (κ3) is 4.90. The summed E-state index contributed by atoms with van der Waals surface area (Å²) in [7, 11) is 0. The molecule has 0 aliphatic carbocycles. The van der Waals surface area contributed by atoms with Gasteiger partial charge >= 0.3 is 0 Å². The maximum Gasteiger partial charge on any atom is 0.286 e. The van der Waals surface area contributed by atoms with Gasteiger partial charge < -0.3 is 15.1 Å². The molecule has 1 aromatic carbocycles. The molecule has 2 amide bonds. The predicted octanol–water partition coefficient (Wildman–Crippen LogP) is 3.59. The van der Waals surface area contributed by atoms with Crippen molar-refractivity contribution >= 4 is 40.8 Å². The fourth-order valence-corrected chi connectivity index (χ4v) is 2.77. The van der Waals surface area contributed by atoms with E-state index in [1.165, 1.54) is 6.26 Å². The third-order valence-corrected chi connectivity index (χ3v) is 4.58. The van der Waals surface area contributed by atoms with Crippen LogP contribution in [0.2, 0.25) is 10.0 Å². The second-order valence-electron chi connectivity index (χ2n) is 5.62. The molecule has 0 atom stereocenters. The van der Waals surface area contributed by atoms with Crippen LogP contribution in [0.1, 0.15) is 22.5 Å². The fourth-order valence-electron chi connectivity index (χ4n) is 2.39. The smallest absolute Gasteiger partial charge is 0.286 e. The molecule has 7 nitrogen and oxygen atoms in total. The second-order valence-corrected chi connectivity index (χ2v) is 6.40. The number of carbonyl (C=O) groups is 2. The zero-order valence-corrected chi connectivity index (χ0v) is 15.6. The second kappa shape index (κ2) is 8.75. The molecule has 140 valence electrons. The molecule has 3 rings (SSSR count). The Morgan fingerprint density at radius 2 is 2.00 bits per heavy atom. The molecular weight excluding hydrogens is 391 g/mol. The van der Waals surface area contributed by atoms with Crippen LogP contribution in [0.15, 0.2) is 53.3 Å². The van der Waals surface area contributed by atoms with E-state index in [2.05, 4.69) is 15.7 Å². The van der Waals surface area contributed by atoms with Crippen molar-refractivity contribution in [1.82, 2.24) is 15.1 Å². The van der Waals surface area contributed by atoms with Crippen LogP contribution in [0.3, 0.4) is 0 Å². The maximum absolute atomic E-state index is 12.1. The number of halogens is 2. The predicted molar refractivity (Wildman–Crippen MR) is 102 cm³/mol. The van der Waals surface area contributed by atoms with Crippen molar-refractivity contribution in [2.75, 3.05) is 11.9 Å². The molecule has 0 spiro atoms. The first kappa shape index (κ1) is 19.0. The van der Waals surface area contributed by atoms with Crippen molar-refractivity contribution < 1.29 is 14.0 Å². The number of amides is 2. The van der Waals surface area contributed by atoms with Crippen LogP contribution in [0.4, 0.5) is 5.82 Å². The number of aromatic nitrogens is 2. The summed E-state index contributed by atoms with van der Waals surface area (Å²) in [6.45, 7) is 0.539. The molecule has 0 fully saturated rings. The van der Waals surface area contributed by atoms with Gasteiger partial charge in [-0.3, -0.25) is 9.59 Å². The van der Waals surface area contributed by atoms with Crippen molar-refractivity contribution in [2.45, 2.75) is 13.0 Å². The summed E-state index contributed by atoms with van der Waals surface area (Å²) < 4.78 is 6.59. The third-order valence-electron chi connectivity index (χ3n) is 3.72. The monoisotopic (exact) mass is 406 g/mol. The van der Waals surface area contributed by atoms with Gasteiger partial charge in [0.05, 0.1) is 29.1 Å². The summed E-state index contributed by atoms with van der Waals surface area (Å²) >= 11 is 12.2. The Morgan fingerprint density at radius 1 is 1.15 bits per heavy atom. The molecule has 2 aromatic heterocycles. The van der Waals surface area contributed by atoms with E-state index in [0.717, 1.165) is 5.56 Å². The number of hydrogen-bond acceptors (Lipinski definition) is 4. The fraction of sp³-hybridized carbons (Fsp3) is 0.167. The molecule has 0 radical (unpaired) electrons. The zero-order valence-electron chi connectivity index (χ0n) is 14.1. The van der Waals surface area contributed by atoms with Crippen LogP contribution in [-0.4, -0.2) is 28.1 Å². The van der Waals surface area contributed by atoms with E-state index in [9.17, 15) is 9.59 Å². The van der Waals surface area contributed by atoms with Crippen LogP contribution in [0.25, 0.3) is 0 Å². The van der Waals surface area contributed by atoms with E-state index in [4.69, 9.17) is 27.6 Å². The van der Waals surface area contributed by atoms with E-state index in [-0.39, 0.29) is 30.5 Å². The summed E-state index contributed by atoms with van der Waals surface area (Å²) in [5, 5.41) is 10.5. The van der Waals surface area contributed by atoms with Gasteiger partial charge in [-0.1, -0.05) is 35.3 Å². The van der Waals surface area contributed by atoms with Gasteiger partial charge in [0.1, 0.15) is 5.82 Å². The first-order chi connectivity index (χ1) is 13.0. The Kier molecular flexibility index (Phi) is 6.16. The molecular formula is C18H16Cl2N4O3. The topological polar surface area (TPSA) is 89.2 Å². The van der Waals surface area contributed by atoms with Gasteiger partial charge in [-0.25, -0.2) is 4.68 Å². The van der Waals surface area contributed by atoms with Gasteiger partial charge in [-0.05, 0) is 23.8 Å². The Hall–Kier alpha value is -2.77. The lowest BCUT2D eigenvalue weighted by atomic mass is 10.2. The van der Waals surface area contributed by atoms with Crippen molar-refractivity contribution in [2.24, 2.45) is 0 Å². The van der Waals surface area contributed by atoms with Gasteiger partial charge in [0.25, 0.3) is 5.91 Å². The summed E-state index contributed by atoms with van der Waals surface area (Å²) in [6.07, 6.45) is 3.09. The van der Waals surface area contributed by atoms with Crippen LogP contribution in [0, 0.1) is 0 Å². The van der Waals surface area contributed by atoms with Gasteiger partial charge in [0.15, 0.2) is 5.76 Å². The SMILES string of the molecule is O=C(CCNC(=O)c1ccco1)Nc1ccnn1Cc1cccc(Cl)c1Cl. The average molecular weight is 407 g/mol. The Bertz CT molecular complexity index is 938. The zero-order chi connectivity index (χ0) is 19.2. The minimum atomic E-state index is -0.367. The van der Waals surface area contributed by atoms with Crippen LogP contribution >= 0.6 is 23.2 Å². The summed E-state index contributed by atoms with van der Waals surface area (Å²) in [5.41, 5.74) is 0.786. The number of hydrogen-bond donors (Lipinski definition) is 2. The van der Waals surface area contributed by atoms with E-state index in [1.54, 1.807) is 41.2 Å². The molecule has 0 aliphatic heterocycles. The molecule has 2 N–H and O–H groups in total. The number of furan rings is 1. The molecule has 0 bridgehead atoms. The minimum absolute atomic E-state index is 0.107. The molecule has 0 saturated heterocycles. The summed E-state index contributed by atoms with van der Waals surface area (Å²) in [6, 6.07) is 10.2. The van der Waals surface area contributed by atoms with Gasteiger partial charge in [-0.2, -0.15) is 5.10 Å². The lowest BCUT2D eigenvalue weighted by molar-refractivity contribution is -0.116. The first-order valence-corrected chi connectivity index (χ1v) is 8.86. The standard InChI is InChI=1S/C18H16Cl2N4O3/c19-13-4-1-3-12(17(13)20)11-24-15(6-9-22-24)23-16(25)7-8-21-18(26)14-5-2-10-27-14/h1-6,9-10H,7-8,11H2,(H,21,26)(H,23,25). The van der Waals surface area contributed by atoms with Crippen molar-refractivity contribution in [3.8, 4) is 0 Å². The normalized spacial score (nSPS) is 10.6. The van der Waals surface area contributed by atoms with Gasteiger partial charge in [-0.15, -0.1) is 0 Å². The lowest BCUT2D eigenvalue weighted by Gasteiger charge is -2.11. The Morgan fingerprint density at radius 3 is 2.78 bits per heavy atom. The largest absolute Gasteiger partial charge is 0.459 e. The number of nitrogens with one attached hydrogen (secondary N) is 2. The number of benzene rings is 1. The maximum atomic E-state index is 12.1. The minimum Gasteiger partial charge on any atom is -0.459 e. The molecule has 2 heterocycles. The first-order valence-electron chi connectivity index (χ1n) is 8.11. The molecule has 0 saturated carbocycles. The molecule has 0 aliphatic rings. The van der Waals surface area contributed by atoms with Crippen molar-refractivity contribution in [1.29, 1.82) is 0 Å². The lowest BCUT2D eigenvalue weighted by Crippen LogP contribution is -2.27. The van der Waals surface area contributed by atoms with Crippen molar-refractivity contribution in [3.63, 3.8) is 0 Å². The number of nitrogens with zero attached hydrogens (tertiary/aromatic N) is 2. The molecule has 3 aromatic rings. The van der Waals surface area contributed by atoms with E-state index >= 15 is 0 Å². The van der Waals surface area contributed by atoms with Gasteiger partial charge in [0.2, 0.25) is 5.91 Å². The molecule has 27 heavy (non-hydrogen) atoms. The quantitative estimate of drug-likeness (QED) is 0.627. The van der Waals surface area contributed by atoms with Crippen LogP contribution in [-0.2, 0) is 11.3 Å². The Balaban J connectivity index is 1.54. The number of anilines is 1. The molecule has 0 unspecified atom stereocenters. The average Bonchev–Trinajstić information content (AvgIpc) is 3.31. The number of carbonyl (C=O) groups excluding carboxylic acids is 2. The molecule has 9 heteroatoms.